The average Bonchev–Trinajstić information content (AvgIpc) is 3.24. The van der Waals surface area contributed by atoms with E-state index in [1.54, 1.807) is 0 Å². The Morgan fingerprint density at radius 2 is 2.05 bits per heavy atom. The van der Waals surface area contributed by atoms with Crippen LogP contribution in [0, 0.1) is 6.92 Å². The van der Waals surface area contributed by atoms with Gasteiger partial charge in [0.05, 0.1) is 5.69 Å². The topological polar surface area (TPSA) is 83.4 Å². The second-order valence-electron chi connectivity index (χ2n) is 4.66. The van der Waals surface area contributed by atoms with E-state index in [9.17, 15) is 0 Å². The van der Waals surface area contributed by atoms with Crippen LogP contribution in [0.2, 0.25) is 0 Å². The van der Waals surface area contributed by atoms with E-state index in [-0.39, 0.29) is 6.79 Å². The molecule has 0 saturated heterocycles. The SMILES string of the molecule is Cc1cc(CSc2nnc(-c3ccc4c(c3)OCO4)o2)no1. The summed E-state index contributed by atoms with van der Waals surface area (Å²) < 4.78 is 21.3. The van der Waals surface area contributed by atoms with Crippen molar-refractivity contribution >= 4 is 11.8 Å². The summed E-state index contributed by atoms with van der Waals surface area (Å²) in [7, 11) is 0. The maximum atomic E-state index is 5.64. The summed E-state index contributed by atoms with van der Waals surface area (Å²) in [5, 5.41) is 12.5. The van der Waals surface area contributed by atoms with E-state index in [1.807, 2.05) is 31.2 Å². The highest BCUT2D eigenvalue weighted by molar-refractivity contribution is 7.98. The zero-order valence-corrected chi connectivity index (χ0v) is 12.4. The lowest BCUT2D eigenvalue weighted by Gasteiger charge is -1.97. The van der Waals surface area contributed by atoms with Gasteiger partial charge in [-0.2, -0.15) is 0 Å². The molecule has 0 bridgehead atoms. The van der Waals surface area contributed by atoms with E-state index in [2.05, 4.69) is 15.4 Å². The smallest absolute Gasteiger partial charge is 0.277 e. The Morgan fingerprint density at radius 1 is 1.14 bits per heavy atom. The fraction of sp³-hybridized carbons (Fsp3) is 0.214. The van der Waals surface area contributed by atoms with Gasteiger partial charge >= 0.3 is 0 Å². The van der Waals surface area contributed by atoms with E-state index < -0.39 is 0 Å². The summed E-state index contributed by atoms with van der Waals surface area (Å²) in [5.74, 6) is 3.24. The molecule has 2 aromatic heterocycles. The molecule has 3 heterocycles. The Balaban J connectivity index is 1.49. The molecule has 0 fully saturated rings. The number of aromatic nitrogens is 3. The van der Waals surface area contributed by atoms with Gasteiger partial charge in [0.25, 0.3) is 5.22 Å². The molecule has 0 radical (unpaired) electrons. The first-order valence-electron chi connectivity index (χ1n) is 6.56. The molecule has 4 rings (SSSR count). The second-order valence-corrected chi connectivity index (χ2v) is 5.59. The predicted octanol–water partition coefficient (Wildman–Crippen LogP) is 3.05. The molecule has 0 N–H and O–H groups in total. The van der Waals surface area contributed by atoms with Crippen LogP contribution < -0.4 is 9.47 Å². The molecule has 0 spiro atoms. The molecule has 7 nitrogen and oxygen atoms in total. The first-order valence-corrected chi connectivity index (χ1v) is 7.55. The van der Waals surface area contributed by atoms with Crippen LogP contribution in [-0.2, 0) is 5.75 Å². The molecule has 0 atom stereocenters. The minimum absolute atomic E-state index is 0.237. The van der Waals surface area contributed by atoms with Gasteiger partial charge in [0, 0.05) is 17.4 Å². The van der Waals surface area contributed by atoms with Gasteiger partial charge in [-0.25, -0.2) is 0 Å². The van der Waals surface area contributed by atoms with Gasteiger partial charge in [0.15, 0.2) is 11.5 Å². The highest BCUT2D eigenvalue weighted by atomic mass is 32.2. The molecule has 1 aliphatic rings. The van der Waals surface area contributed by atoms with Crippen LogP contribution in [0.25, 0.3) is 11.5 Å². The van der Waals surface area contributed by atoms with Gasteiger partial charge in [0.1, 0.15) is 5.76 Å². The molecule has 8 heteroatoms. The van der Waals surface area contributed by atoms with Crippen LogP contribution in [0.15, 0.2) is 38.4 Å². The third kappa shape index (κ3) is 2.52. The third-order valence-electron chi connectivity index (χ3n) is 3.05. The number of ether oxygens (including phenoxy) is 2. The van der Waals surface area contributed by atoms with Crippen LogP contribution in [0.1, 0.15) is 11.5 Å². The van der Waals surface area contributed by atoms with E-state index in [0.29, 0.717) is 22.6 Å². The van der Waals surface area contributed by atoms with Crippen LogP contribution in [0.3, 0.4) is 0 Å². The largest absolute Gasteiger partial charge is 0.454 e. The summed E-state index contributed by atoms with van der Waals surface area (Å²) in [6, 6.07) is 7.39. The van der Waals surface area contributed by atoms with Crippen LogP contribution >= 0.6 is 11.8 Å². The van der Waals surface area contributed by atoms with Crippen molar-refractivity contribution in [1.82, 2.24) is 15.4 Å². The maximum Gasteiger partial charge on any atom is 0.277 e. The Kier molecular flexibility index (Phi) is 3.23. The lowest BCUT2D eigenvalue weighted by Crippen LogP contribution is -1.92. The predicted molar refractivity (Wildman–Crippen MR) is 76.7 cm³/mol. The second kappa shape index (κ2) is 5.38. The number of hydrogen-bond donors (Lipinski definition) is 0. The first kappa shape index (κ1) is 13.2. The van der Waals surface area contributed by atoms with Gasteiger partial charge in [-0.15, -0.1) is 10.2 Å². The minimum atomic E-state index is 0.237. The Labute approximate surface area is 129 Å². The number of rotatable bonds is 4. The molecule has 3 aromatic rings. The van der Waals surface area contributed by atoms with Crippen molar-refractivity contribution in [2.75, 3.05) is 6.79 Å². The van der Waals surface area contributed by atoms with Crippen LogP contribution in [-0.4, -0.2) is 22.1 Å². The van der Waals surface area contributed by atoms with E-state index in [4.69, 9.17) is 18.4 Å². The van der Waals surface area contributed by atoms with Crippen LogP contribution in [0.4, 0.5) is 0 Å². The molecule has 0 aliphatic carbocycles. The van der Waals surface area contributed by atoms with Gasteiger partial charge in [-0.1, -0.05) is 16.9 Å². The molecule has 1 aromatic carbocycles. The molecule has 0 unspecified atom stereocenters. The van der Waals surface area contributed by atoms with Crippen molar-refractivity contribution in [2.45, 2.75) is 17.9 Å². The van der Waals surface area contributed by atoms with E-state index in [1.165, 1.54) is 11.8 Å². The highest BCUT2D eigenvalue weighted by Gasteiger charge is 2.17. The van der Waals surface area contributed by atoms with Crippen molar-refractivity contribution < 1.29 is 18.4 Å². The molecule has 0 saturated carbocycles. The zero-order chi connectivity index (χ0) is 14.9. The number of aryl methyl sites for hydroxylation is 1. The standard InChI is InChI=1S/C14H11N3O4S/c1-8-4-10(17-21-8)6-22-14-16-15-13(20-14)9-2-3-11-12(5-9)19-7-18-11/h2-5H,6-7H2,1H3. The number of nitrogens with zero attached hydrogens (tertiary/aromatic N) is 3. The lowest BCUT2D eigenvalue weighted by atomic mass is 10.2. The molecular formula is C14H11N3O4S. The number of fused-ring (bicyclic) bond motifs is 1. The molecular weight excluding hydrogens is 306 g/mol. The van der Waals surface area contributed by atoms with Crippen molar-refractivity contribution in [2.24, 2.45) is 0 Å². The molecule has 1 aliphatic heterocycles. The van der Waals surface area contributed by atoms with Crippen LogP contribution in [0.5, 0.6) is 11.5 Å². The number of benzene rings is 1. The Bertz CT molecular complexity index is 814. The number of thioether (sulfide) groups is 1. The van der Waals surface area contributed by atoms with Gasteiger partial charge in [-0.05, 0) is 25.1 Å². The van der Waals surface area contributed by atoms with E-state index in [0.717, 1.165) is 22.8 Å². The fourth-order valence-corrected chi connectivity index (χ4v) is 2.68. The molecule has 0 amide bonds. The van der Waals surface area contributed by atoms with E-state index >= 15 is 0 Å². The average molecular weight is 317 g/mol. The molecule has 112 valence electrons. The minimum Gasteiger partial charge on any atom is -0.454 e. The zero-order valence-electron chi connectivity index (χ0n) is 11.6. The van der Waals surface area contributed by atoms with Gasteiger partial charge in [0.2, 0.25) is 12.7 Å². The Morgan fingerprint density at radius 3 is 2.91 bits per heavy atom. The van der Waals surface area contributed by atoms with Gasteiger partial charge < -0.3 is 18.4 Å². The Hall–Kier alpha value is -2.48. The fourth-order valence-electron chi connectivity index (χ4n) is 2.04. The van der Waals surface area contributed by atoms with Crippen molar-refractivity contribution in [3.05, 3.63) is 35.7 Å². The summed E-state index contributed by atoms with van der Waals surface area (Å²) in [6.45, 7) is 2.09. The monoisotopic (exact) mass is 317 g/mol. The van der Waals surface area contributed by atoms with Crippen molar-refractivity contribution in [3.63, 3.8) is 0 Å². The summed E-state index contributed by atoms with van der Waals surface area (Å²) >= 11 is 1.41. The normalized spacial score (nSPS) is 12.8. The quantitative estimate of drug-likeness (QED) is 0.679. The highest BCUT2D eigenvalue weighted by Crippen LogP contribution is 2.36. The summed E-state index contributed by atoms with van der Waals surface area (Å²) in [6.07, 6.45) is 0. The first-order chi connectivity index (χ1) is 10.8. The summed E-state index contributed by atoms with van der Waals surface area (Å²) in [4.78, 5) is 0. The third-order valence-corrected chi connectivity index (χ3v) is 3.90. The lowest BCUT2D eigenvalue weighted by molar-refractivity contribution is 0.174. The van der Waals surface area contributed by atoms with Gasteiger partial charge in [-0.3, -0.25) is 0 Å². The van der Waals surface area contributed by atoms with Crippen molar-refractivity contribution in [1.29, 1.82) is 0 Å². The number of hydrogen-bond acceptors (Lipinski definition) is 8. The molecule has 22 heavy (non-hydrogen) atoms. The van der Waals surface area contributed by atoms with Crippen molar-refractivity contribution in [3.8, 4) is 23.0 Å². The summed E-state index contributed by atoms with van der Waals surface area (Å²) in [5.41, 5.74) is 1.63. The maximum absolute atomic E-state index is 5.64.